The molecule has 0 radical (unpaired) electrons. The first-order chi connectivity index (χ1) is 15.0. The van der Waals surface area contributed by atoms with Gasteiger partial charge in [-0.25, -0.2) is 0 Å². The van der Waals surface area contributed by atoms with Gasteiger partial charge in [0.2, 0.25) is 0 Å². The molecule has 0 saturated carbocycles. The SMILES string of the molecule is C=C[Si](C)(C)Oc1ccc(C(CC(CC)c2ccc(O)cc2)CC(C)(C)C(=O)CO)cc1. The van der Waals surface area contributed by atoms with Crippen LogP contribution in [0.15, 0.2) is 60.8 Å². The molecule has 0 bridgehead atoms. The van der Waals surface area contributed by atoms with Crippen LogP contribution >= 0.6 is 0 Å². The summed E-state index contributed by atoms with van der Waals surface area (Å²) in [7, 11) is -1.93. The molecular formula is C27H38O4Si. The fraction of sp³-hybridized carbons (Fsp3) is 0.444. The van der Waals surface area contributed by atoms with E-state index in [4.69, 9.17) is 4.43 Å². The van der Waals surface area contributed by atoms with Crippen molar-refractivity contribution in [3.05, 3.63) is 71.9 Å². The summed E-state index contributed by atoms with van der Waals surface area (Å²) in [4.78, 5) is 12.4. The third-order valence-electron chi connectivity index (χ3n) is 6.31. The summed E-state index contributed by atoms with van der Waals surface area (Å²) in [6.07, 6.45) is 2.47. The molecule has 4 nitrogen and oxygen atoms in total. The molecule has 0 fully saturated rings. The van der Waals surface area contributed by atoms with Crippen LogP contribution in [0, 0.1) is 5.41 Å². The summed E-state index contributed by atoms with van der Waals surface area (Å²) < 4.78 is 6.14. The van der Waals surface area contributed by atoms with Gasteiger partial charge in [-0.1, -0.05) is 50.7 Å². The van der Waals surface area contributed by atoms with Gasteiger partial charge >= 0.3 is 0 Å². The Labute approximate surface area is 194 Å². The van der Waals surface area contributed by atoms with E-state index in [1.807, 2.05) is 43.8 Å². The monoisotopic (exact) mass is 454 g/mol. The van der Waals surface area contributed by atoms with Crippen molar-refractivity contribution in [1.82, 2.24) is 0 Å². The molecule has 0 amide bonds. The van der Waals surface area contributed by atoms with Crippen LogP contribution in [0.5, 0.6) is 11.5 Å². The van der Waals surface area contributed by atoms with Gasteiger partial charge in [-0.2, -0.15) is 0 Å². The lowest BCUT2D eigenvalue weighted by Crippen LogP contribution is -2.31. The fourth-order valence-electron chi connectivity index (χ4n) is 4.06. The van der Waals surface area contributed by atoms with Gasteiger partial charge in [-0.3, -0.25) is 4.79 Å². The molecule has 0 spiro atoms. The average molecular weight is 455 g/mol. The highest BCUT2D eigenvalue weighted by atomic mass is 28.4. The van der Waals surface area contributed by atoms with Gasteiger partial charge in [-0.15, -0.1) is 6.58 Å². The summed E-state index contributed by atoms with van der Waals surface area (Å²) in [5.41, 5.74) is 3.63. The van der Waals surface area contributed by atoms with Crippen molar-refractivity contribution in [2.24, 2.45) is 5.41 Å². The second kappa shape index (κ2) is 11.0. The third kappa shape index (κ3) is 7.07. The molecule has 2 unspecified atom stereocenters. The standard InChI is InChI=1S/C27H38O4Si/c1-7-20(21-9-13-24(29)14-10-21)17-23(18-27(3,4)26(30)19-28)22-11-15-25(16-12-22)31-32(5,6)8-2/h8-16,20,23,28-29H,2,7,17-19H2,1,3-6H3. The summed E-state index contributed by atoms with van der Waals surface area (Å²) in [6, 6.07) is 15.6. The van der Waals surface area contributed by atoms with E-state index in [2.05, 4.69) is 38.7 Å². The van der Waals surface area contributed by atoms with Crippen molar-refractivity contribution in [2.75, 3.05) is 6.61 Å². The van der Waals surface area contributed by atoms with Gasteiger partial charge in [0.1, 0.15) is 18.1 Å². The van der Waals surface area contributed by atoms with E-state index in [1.165, 1.54) is 5.56 Å². The minimum absolute atomic E-state index is 0.137. The third-order valence-corrected chi connectivity index (χ3v) is 8.05. The Morgan fingerprint density at radius 2 is 1.59 bits per heavy atom. The highest BCUT2D eigenvalue weighted by Crippen LogP contribution is 2.40. The molecule has 2 aromatic carbocycles. The van der Waals surface area contributed by atoms with E-state index >= 15 is 0 Å². The van der Waals surface area contributed by atoms with Crippen molar-refractivity contribution in [1.29, 1.82) is 0 Å². The van der Waals surface area contributed by atoms with Crippen LogP contribution in [0.1, 0.15) is 63.0 Å². The van der Waals surface area contributed by atoms with Crippen LogP contribution in [0.3, 0.4) is 0 Å². The van der Waals surface area contributed by atoms with Crippen LogP contribution < -0.4 is 4.43 Å². The van der Waals surface area contributed by atoms with E-state index in [0.717, 1.165) is 24.2 Å². The molecule has 0 aromatic heterocycles. The summed E-state index contributed by atoms with van der Waals surface area (Å²) in [6.45, 7) is 13.6. The smallest absolute Gasteiger partial charge is 0.269 e. The average Bonchev–Trinajstić information content (AvgIpc) is 2.77. The zero-order valence-corrected chi connectivity index (χ0v) is 21.1. The highest BCUT2D eigenvalue weighted by molar-refractivity contribution is 6.76. The molecule has 0 aliphatic heterocycles. The number of aliphatic hydroxyl groups excluding tert-OH is 1. The number of carbonyl (C=O) groups is 1. The molecule has 2 rings (SSSR count). The maximum absolute atomic E-state index is 12.4. The topological polar surface area (TPSA) is 66.8 Å². The number of ketones is 1. The molecular weight excluding hydrogens is 416 g/mol. The maximum Gasteiger partial charge on any atom is 0.269 e. The van der Waals surface area contributed by atoms with E-state index in [9.17, 15) is 15.0 Å². The minimum atomic E-state index is -1.93. The summed E-state index contributed by atoms with van der Waals surface area (Å²) in [5.74, 6) is 1.39. The molecule has 5 heteroatoms. The van der Waals surface area contributed by atoms with Crippen LogP contribution in [-0.2, 0) is 4.79 Å². The zero-order valence-electron chi connectivity index (χ0n) is 20.1. The van der Waals surface area contributed by atoms with Crippen LogP contribution in [0.25, 0.3) is 0 Å². The number of aliphatic hydroxyl groups is 1. The Morgan fingerprint density at radius 1 is 1.06 bits per heavy atom. The van der Waals surface area contributed by atoms with Crippen molar-refractivity contribution in [2.45, 2.75) is 65.0 Å². The second-order valence-corrected chi connectivity index (χ2v) is 13.6. The van der Waals surface area contributed by atoms with Crippen molar-refractivity contribution < 1.29 is 19.4 Å². The number of phenolic OH excluding ortho intramolecular Hbond substituents is 1. The molecule has 2 aromatic rings. The number of carbonyl (C=O) groups excluding carboxylic acids is 1. The number of hydrogen-bond donors (Lipinski definition) is 2. The Hall–Kier alpha value is -2.37. The number of rotatable bonds is 12. The lowest BCUT2D eigenvalue weighted by molar-refractivity contribution is -0.130. The Kier molecular flexibility index (Phi) is 8.87. The van der Waals surface area contributed by atoms with Gasteiger partial charge in [0, 0.05) is 5.41 Å². The van der Waals surface area contributed by atoms with E-state index in [1.54, 1.807) is 12.1 Å². The summed E-state index contributed by atoms with van der Waals surface area (Å²) in [5, 5.41) is 19.1. The predicted molar refractivity (Wildman–Crippen MR) is 134 cm³/mol. The number of aromatic hydroxyl groups is 1. The molecule has 2 N–H and O–H groups in total. The molecule has 2 atom stereocenters. The van der Waals surface area contributed by atoms with Crippen molar-refractivity contribution >= 4 is 14.1 Å². The van der Waals surface area contributed by atoms with Crippen molar-refractivity contribution in [3.8, 4) is 11.5 Å². The molecule has 0 aliphatic rings. The van der Waals surface area contributed by atoms with Gasteiger partial charge in [-0.05, 0) is 79.6 Å². The quantitative estimate of drug-likeness (QED) is 0.367. The fourth-order valence-corrected chi connectivity index (χ4v) is 4.89. The second-order valence-electron chi connectivity index (χ2n) is 9.78. The summed E-state index contributed by atoms with van der Waals surface area (Å²) >= 11 is 0. The number of Topliss-reactive ketones (excluding diaryl/α,β-unsaturated/α-hetero) is 1. The van der Waals surface area contributed by atoms with Crippen LogP contribution in [0.2, 0.25) is 13.1 Å². The lowest BCUT2D eigenvalue weighted by Gasteiger charge is -2.31. The van der Waals surface area contributed by atoms with Gasteiger partial charge in [0.15, 0.2) is 5.78 Å². The van der Waals surface area contributed by atoms with Gasteiger partial charge in [0.05, 0.1) is 0 Å². The maximum atomic E-state index is 12.4. The Balaban J connectivity index is 2.34. The first-order valence-electron chi connectivity index (χ1n) is 11.4. The molecule has 0 aliphatic carbocycles. The Morgan fingerprint density at radius 3 is 2.09 bits per heavy atom. The Bertz CT molecular complexity index is 885. The van der Waals surface area contributed by atoms with Crippen molar-refractivity contribution in [3.63, 3.8) is 0 Å². The van der Waals surface area contributed by atoms with E-state index < -0.39 is 20.3 Å². The lowest BCUT2D eigenvalue weighted by atomic mass is 9.73. The minimum Gasteiger partial charge on any atom is -0.540 e. The van der Waals surface area contributed by atoms with Gasteiger partial charge in [0.25, 0.3) is 8.32 Å². The molecule has 0 heterocycles. The van der Waals surface area contributed by atoms with Crippen LogP contribution in [-0.4, -0.2) is 30.9 Å². The van der Waals surface area contributed by atoms with Gasteiger partial charge < -0.3 is 14.6 Å². The van der Waals surface area contributed by atoms with E-state index in [0.29, 0.717) is 12.3 Å². The largest absolute Gasteiger partial charge is 0.540 e. The molecule has 0 saturated heterocycles. The first kappa shape index (κ1) is 25.9. The van der Waals surface area contributed by atoms with E-state index in [-0.39, 0.29) is 17.5 Å². The number of hydrogen-bond acceptors (Lipinski definition) is 4. The van der Waals surface area contributed by atoms with Crippen LogP contribution in [0.4, 0.5) is 0 Å². The predicted octanol–water partition coefficient (Wildman–Crippen LogP) is 6.35. The number of benzene rings is 2. The first-order valence-corrected chi connectivity index (χ1v) is 14.4. The number of phenols is 1. The highest BCUT2D eigenvalue weighted by Gasteiger charge is 2.32. The molecule has 32 heavy (non-hydrogen) atoms. The normalized spacial score (nSPS) is 13.9. The molecule has 174 valence electrons. The zero-order chi connectivity index (χ0) is 23.9.